The van der Waals surface area contributed by atoms with Gasteiger partial charge in [-0.25, -0.2) is 8.78 Å². The molecule has 1 aromatic carbocycles. The highest BCUT2D eigenvalue weighted by Gasteiger charge is 2.27. The second-order valence-corrected chi connectivity index (χ2v) is 7.55. The lowest BCUT2D eigenvalue weighted by atomic mass is 9.79. The van der Waals surface area contributed by atoms with Crippen molar-refractivity contribution in [3.63, 3.8) is 0 Å². The van der Waals surface area contributed by atoms with E-state index in [0.717, 1.165) is 44.3 Å². The summed E-state index contributed by atoms with van der Waals surface area (Å²) in [6.45, 7) is 9.21. The molecule has 1 aliphatic rings. The number of nitrogens with zero attached hydrogens (tertiary/aromatic N) is 2. The van der Waals surface area contributed by atoms with Crippen LogP contribution in [0.1, 0.15) is 46.5 Å². The van der Waals surface area contributed by atoms with Gasteiger partial charge in [-0.05, 0) is 50.2 Å². The molecule has 1 atom stereocenters. The molecular formula is C21H34F2N4O. The van der Waals surface area contributed by atoms with Gasteiger partial charge in [0.15, 0.2) is 5.96 Å². The number of halogens is 2. The molecule has 158 valence electrons. The molecule has 28 heavy (non-hydrogen) atoms. The highest BCUT2D eigenvalue weighted by atomic mass is 19.1. The van der Waals surface area contributed by atoms with Crippen LogP contribution < -0.4 is 15.5 Å². The Labute approximate surface area is 167 Å². The predicted octanol–water partition coefficient (Wildman–Crippen LogP) is 3.29. The van der Waals surface area contributed by atoms with Crippen LogP contribution in [0.4, 0.5) is 14.5 Å². The summed E-state index contributed by atoms with van der Waals surface area (Å²) in [4.78, 5) is 6.71. The number of anilines is 1. The highest BCUT2D eigenvalue weighted by molar-refractivity contribution is 5.80. The molecule has 7 heteroatoms. The van der Waals surface area contributed by atoms with Gasteiger partial charge in [-0.3, -0.25) is 4.99 Å². The van der Waals surface area contributed by atoms with Crippen LogP contribution in [0.3, 0.4) is 0 Å². The van der Waals surface area contributed by atoms with Crippen LogP contribution in [0.2, 0.25) is 0 Å². The van der Waals surface area contributed by atoms with E-state index >= 15 is 0 Å². The van der Waals surface area contributed by atoms with E-state index in [1.165, 1.54) is 12.1 Å². The summed E-state index contributed by atoms with van der Waals surface area (Å²) in [5, 5.41) is 16.1. The Hall–Kier alpha value is -1.89. The maximum Gasteiger partial charge on any atom is 0.191 e. The molecule has 0 radical (unpaired) electrons. The summed E-state index contributed by atoms with van der Waals surface area (Å²) in [6.07, 6.45) is 3.52. The van der Waals surface area contributed by atoms with Crippen molar-refractivity contribution < 1.29 is 13.9 Å². The minimum absolute atomic E-state index is 0.00997. The monoisotopic (exact) mass is 396 g/mol. The van der Waals surface area contributed by atoms with Crippen molar-refractivity contribution in [3.8, 4) is 0 Å². The van der Waals surface area contributed by atoms with E-state index in [9.17, 15) is 13.9 Å². The second kappa shape index (κ2) is 10.6. The highest BCUT2D eigenvalue weighted by Crippen LogP contribution is 2.30. The van der Waals surface area contributed by atoms with Gasteiger partial charge < -0.3 is 20.6 Å². The molecule has 1 heterocycles. The minimum atomic E-state index is -0.560. The fraction of sp³-hybridized carbons (Fsp3) is 0.667. The molecule has 0 aromatic heterocycles. The molecule has 1 fully saturated rings. The van der Waals surface area contributed by atoms with E-state index in [1.807, 2.05) is 11.8 Å². The molecule has 1 unspecified atom stereocenters. The first-order valence-corrected chi connectivity index (χ1v) is 10.3. The molecule has 0 spiro atoms. The normalized spacial score (nSPS) is 17.9. The average Bonchev–Trinajstić information content (AvgIpc) is 3.13. The Morgan fingerprint density at radius 2 is 2.04 bits per heavy atom. The van der Waals surface area contributed by atoms with E-state index < -0.39 is 11.6 Å². The number of aliphatic hydroxyl groups is 1. The third-order valence-corrected chi connectivity index (χ3v) is 5.84. The lowest BCUT2D eigenvalue weighted by molar-refractivity contribution is 0.175. The number of guanidine groups is 1. The van der Waals surface area contributed by atoms with Gasteiger partial charge >= 0.3 is 0 Å². The zero-order chi connectivity index (χ0) is 20.6. The van der Waals surface area contributed by atoms with Gasteiger partial charge in [-0.2, -0.15) is 0 Å². The lowest BCUT2D eigenvalue weighted by Gasteiger charge is -2.30. The zero-order valence-electron chi connectivity index (χ0n) is 17.3. The molecule has 1 aromatic rings. The molecule has 3 N–H and O–H groups in total. The Morgan fingerprint density at radius 3 is 2.64 bits per heavy atom. The first-order chi connectivity index (χ1) is 13.5. The summed E-state index contributed by atoms with van der Waals surface area (Å²) in [6, 6.07) is 3.86. The number of nitrogens with one attached hydrogen (secondary N) is 2. The molecule has 5 nitrogen and oxygen atoms in total. The van der Waals surface area contributed by atoms with Gasteiger partial charge in [0, 0.05) is 44.9 Å². The Kier molecular flexibility index (Phi) is 8.48. The molecule has 0 aliphatic carbocycles. The number of hydrogen-bond acceptors (Lipinski definition) is 3. The van der Waals surface area contributed by atoms with Crippen LogP contribution in [0, 0.1) is 17.0 Å². The molecule has 0 bridgehead atoms. The van der Waals surface area contributed by atoms with Gasteiger partial charge in [-0.1, -0.05) is 13.8 Å². The Morgan fingerprint density at radius 1 is 1.29 bits per heavy atom. The zero-order valence-corrected chi connectivity index (χ0v) is 17.3. The first-order valence-electron chi connectivity index (χ1n) is 10.3. The van der Waals surface area contributed by atoms with Crippen molar-refractivity contribution in [2.75, 3.05) is 37.7 Å². The average molecular weight is 397 g/mol. The van der Waals surface area contributed by atoms with Crippen molar-refractivity contribution >= 4 is 11.6 Å². The van der Waals surface area contributed by atoms with Crippen LogP contribution in [-0.4, -0.2) is 49.9 Å². The van der Waals surface area contributed by atoms with Crippen LogP contribution in [0.15, 0.2) is 23.2 Å². The van der Waals surface area contributed by atoms with Crippen molar-refractivity contribution in [3.05, 3.63) is 29.8 Å². The third-order valence-electron chi connectivity index (χ3n) is 5.84. The predicted molar refractivity (Wildman–Crippen MR) is 111 cm³/mol. The van der Waals surface area contributed by atoms with E-state index in [2.05, 4.69) is 24.5 Å². The molecular weight excluding hydrogens is 362 g/mol. The smallest absolute Gasteiger partial charge is 0.191 e. The summed E-state index contributed by atoms with van der Waals surface area (Å²) < 4.78 is 27.2. The van der Waals surface area contributed by atoms with Gasteiger partial charge in [0.2, 0.25) is 0 Å². The molecule has 0 amide bonds. The molecule has 1 saturated heterocycles. The van der Waals surface area contributed by atoms with E-state index in [4.69, 9.17) is 4.99 Å². The second-order valence-electron chi connectivity index (χ2n) is 7.55. The van der Waals surface area contributed by atoms with E-state index in [0.29, 0.717) is 25.3 Å². The van der Waals surface area contributed by atoms with Crippen molar-refractivity contribution in [1.82, 2.24) is 10.6 Å². The van der Waals surface area contributed by atoms with Crippen LogP contribution >= 0.6 is 0 Å². The molecule has 2 rings (SSSR count). The quantitative estimate of drug-likeness (QED) is 0.443. The van der Waals surface area contributed by atoms with Crippen molar-refractivity contribution in [2.45, 2.75) is 52.5 Å². The van der Waals surface area contributed by atoms with Crippen LogP contribution in [0.5, 0.6) is 0 Å². The third kappa shape index (κ3) is 5.80. The summed E-state index contributed by atoms with van der Waals surface area (Å²) in [7, 11) is 0. The number of aliphatic imine (C=N–C) groups is 1. The number of rotatable bonds is 9. The van der Waals surface area contributed by atoms with Crippen LogP contribution in [-0.2, 0) is 0 Å². The summed E-state index contributed by atoms with van der Waals surface area (Å²) in [5.41, 5.74) is 0.447. The number of aliphatic hydroxyl groups excluding tert-OH is 1. The van der Waals surface area contributed by atoms with Crippen molar-refractivity contribution in [2.24, 2.45) is 10.4 Å². The fourth-order valence-corrected chi connectivity index (χ4v) is 3.74. The Bertz CT molecular complexity index is 649. The van der Waals surface area contributed by atoms with Crippen LogP contribution in [0.25, 0.3) is 0 Å². The van der Waals surface area contributed by atoms with Gasteiger partial charge in [0.05, 0.1) is 5.69 Å². The minimum Gasteiger partial charge on any atom is -0.396 e. The van der Waals surface area contributed by atoms with Gasteiger partial charge in [0.25, 0.3) is 0 Å². The number of hydrogen-bond donors (Lipinski definition) is 3. The van der Waals surface area contributed by atoms with Gasteiger partial charge in [0.1, 0.15) is 11.6 Å². The fourth-order valence-electron chi connectivity index (χ4n) is 3.74. The Balaban J connectivity index is 2.02. The number of benzene rings is 1. The molecule has 0 saturated carbocycles. The standard InChI is InChI=1S/C21H34F2N4O/c1-4-21(5-2,10-12-28)15-25-20(24-6-3)26-17-9-11-27(14-17)19-8-7-16(22)13-18(19)23/h7-8,13,17,28H,4-6,9-12,14-15H2,1-3H3,(H2,24,25,26). The first kappa shape index (κ1) is 22.4. The van der Waals surface area contributed by atoms with Crippen molar-refractivity contribution in [1.29, 1.82) is 0 Å². The maximum atomic E-state index is 14.1. The topological polar surface area (TPSA) is 59.9 Å². The van der Waals surface area contributed by atoms with E-state index in [-0.39, 0.29) is 18.1 Å². The SMILES string of the molecule is CCNC(=NCC(CC)(CC)CCO)NC1CCN(c2ccc(F)cc2F)C1. The van der Waals surface area contributed by atoms with E-state index in [1.54, 1.807) is 0 Å². The summed E-state index contributed by atoms with van der Waals surface area (Å²) in [5.74, 6) is -0.339. The molecule has 1 aliphatic heterocycles. The largest absolute Gasteiger partial charge is 0.396 e. The summed E-state index contributed by atoms with van der Waals surface area (Å²) >= 11 is 0. The maximum absolute atomic E-state index is 14.1. The lowest BCUT2D eigenvalue weighted by Crippen LogP contribution is -2.45. The van der Waals surface area contributed by atoms with Gasteiger partial charge in [-0.15, -0.1) is 0 Å².